The number of furan rings is 1. The molecule has 10 heteroatoms. The lowest BCUT2D eigenvalue weighted by atomic mass is 10.2. The zero-order valence-corrected chi connectivity index (χ0v) is 18.3. The Labute approximate surface area is 188 Å². The number of pyridine rings is 1. The summed E-state index contributed by atoms with van der Waals surface area (Å²) in [6.07, 6.45) is 3.31. The van der Waals surface area contributed by atoms with Crippen molar-refractivity contribution >= 4 is 23.4 Å². The summed E-state index contributed by atoms with van der Waals surface area (Å²) in [5.41, 5.74) is 1.27. The molecule has 4 rings (SSSR count). The molecule has 0 aliphatic heterocycles. The highest BCUT2D eigenvalue weighted by Gasteiger charge is 2.18. The molecule has 3 aromatic heterocycles. The van der Waals surface area contributed by atoms with Gasteiger partial charge in [-0.05, 0) is 24.3 Å². The second-order valence-electron chi connectivity index (χ2n) is 6.62. The van der Waals surface area contributed by atoms with Crippen molar-refractivity contribution in [3.05, 3.63) is 66.8 Å². The van der Waals surface area contributed by atoms with Crippen LogP contribution in [0.4, 0.5) is 5.69 Å². The fourth-order valence-corrected chi connectivity index (χ4v) is 3.73. The molecule has 0 saturated carbocycles. The molecule has 4 aromatic rings. The van der Waals surface area contributed by atoms with E-state index in [4.69, 9.17) is 13.9 Å². The van der Waals surface area contributed by atoms with Gasteiger partial charge in [-0.3, -0.25) is 14.3 Å². The Balaban J connectivity index is 1.50. The fraction of sp³-hybridized carbons (Fsp3) is 0.182. The summed E-state index contributed by atoms with van der Waals surface area (Å²) in [7, 11) is 3.11. The average Bonchev–Trinajstić information content (AvgIpc) is 3.48. The highest BCUT2D eigenvalue weighted by Crippen LogP contribution is 2.27. The van der Waals surface area contributed by atoms with Gasteiger partial charge in [-0.25, -0.2) is 0 Å². The number of carbonyl (C=O) groups is 1. The van der Waals surface area contributed by atoms with E-state index >= 15 is 0 Å². The lowest BCUT2D eigenvalue weighted by molar-refractivity contribution is -0.113. The van der Waals surface area contributed by atoms with Crippen molar-refractivity contribution in [1.82, 2.24) is 19.7 Å². The minimum atomic E-state index is -0.197. The van der Waals surface area contributed by atoms with Crippen LogP contribution in [0.1, 0.15) is 5.76 Å². The Bertz CT molecular complexity index is 1160. The maximum atomic E-state index is 12.6. The summed E-state index contributed by atoms with van der Waals surface area (Å²) < 4.78 is 17.9. The highest BCUT2D eigenvalue weighted by molar-refractivity contribution is 7.99. The van der Waals surface area contributed by atoms with Crippen LogP contribution in [0.3, 0.4) is 0 Å². The van der Waals surface area contributed by atoms with Crippen LogP contribution in [-0.2, 0) is 11.3 Å². The molecule has 164 valence electrons. The van der Waals surface area contributed by atoms with Crippen molar-refractivity contribution in [1.29, 1.82) is 0 Å². The van der Waals surface area contributed by atoms with E-state index in [1.165, 1.54) is 11.8 Å². The zero-order valence-electron chi connectivity index (χ0n) is 17.5. The number of hydrogen-bond donors (Lipinski definition) is 1. The number of methoxy groups -OCH3 is 2. The summed E-state index contributed by atoms with van der Waals surface area (Å²) in [6, 6.07) is 14.5. The quantitative estimate of drug-likeness (QED) is 0.384. The molecule has 1 amide bonds. The van der Waals surface area contributed by atoms with Crippen LogP contribution in [0, 0.1) is 0 Å². The van der Waals surface area contributed by atoms with Crippen molar-refractivity contribution in [3.63, 3.8) is 0 Å². The molecule has 0 radical (unpaired) electrons. The molecule has 0 atom stereocenters. The molecule has 0 bridgehead atoms. The van der Waals surface area contributed by atoms with E-state index < -0.39 is 0 Å². The number of amides is 1. The van der Waals surface area contributed by atoms with Gasteiger partial charge in [0, 0.05) is 30.1 Å². The smallest absolute Gasteiger partial charge is 0.234 e. The first-order valence-corrected chi connectivity index (χ1v) is 10.7. The SMILES string of the molecule is COc1cc(NC(=O)CSc2nnc(-c3ccccn3)n2Cc2ccco2)cc(OC)c1. The molecule has 1 N–H and O–H groups in total. The second-order valence-corrected chi connectivity index (χ2v) is 7.57. The summed E-state index contributed by atoms with van der Waals surface area (Å²) in [6.45, 7) is 0.420. The summed E-state index contributed by atoms with van der Waals surface area (Å²) in [5.74, 6) is 2.46. The third-order valence-corrected chi connectivity index (χ3v) is 5.44. The summed E-state index contributed by atoms with van der Waals surface area (Å²) >= 11 is 1.28. The van der Waals surface area contributed by atoms with Crippen LogP contribution in [0.25, 0.3) is 11.5 Å². The first-order valence-electron chi connectivity index (χ1n) is 9.69. The van der Waals surface area contributed by atoms with Crippen LogP contribution in [0.5, 0.6) is 11.5 Å². The minimum Gasteiger partial charge on any atom is -0.497 e. The zero-order chi connectivity index (χ0) is 22.3. The van der Waals surface area contributed by atoms with Crippen LogP contribution < -0.4 is 14.8 Å². The topological polar surface area (TPSA) is 104 Å². The minimum absolute atomic E-state index is 0.137. The third kappa shape index (κ3) is 5.09. The maximum Gasteiger partial charge on any atom is 0.234 e. The fourth-order valence-electron chi connectivity index (χ4n) is 2.99. The number of benzene rings is 1. The molecule has 0 fully saturated rings. The molecular weight excluding hydrogens is 430 g/mol. The number of rotatable bonds is 9. The van der Waals surface area contributed by atoms with E-state index in [1.807, 2.05) is 34.9 Å². The summed E-state index contributed by atoms with van der Waals surface area (Å²) in [5, 5.41) is 12.0. The molecule has 3 heterocycles. The first kappa shape index (κ1) is 21.4. The van der Waals surface area contributed by atoms with E-state index in [9.17, 15) is 4.79 Å². The number of hydrogen-bond acceptors (Lipinski definition) is 8. The van der Waals surface area contributed by atoms with Crippen LogP contribution in [0.2, 0.25) is 0 Å². The van der Waals surface area contributed by atoms with Gasteiger partial charge in [0.05, 0.1) is 32.8 Å². The predicted octanol–water partition coefficient (Wildman–Crippen LogP) is 3.73. The molecule has 0 aliphatic carbocycles. The molecule has 9 nitrogen and oxygen atoms in total. The van der Waals surface area contributed by atoms with E-state index in [1.54, 1.807) is 44.9 Å². The average molecular weight is 452 g/mol. The van der Waals surface area contributed by atoms with Crippen molar-refractivity contribution in [3.8, 4) is 23.0 Å². The van der Waals surface area contributed by atoms with E-state index in [-0.39, 0.29) is 11.7 Å². The normalized spacial score (nSPS) is 10.7. The second kappa shape index (κ2) is 10.0. The number of nitrogens with zero attached hydrogens (tertiary/aromatic N) is 4. The van der Waals surface area contributed by atoms with E-state index in [2.05, 4.69) is 20.5 Å². The number of ether oxygens (including phenoxy) is 2. The van der Waals surface area contributed by atoms with Crippen LogP contribution in [0.15, 0.2) is 70.6 Å². The standard InChI is InChI=1S/C22H21N5O4S/c1-29-17-10-15(11-18(12-17)30-2)24-20(28)14-32-22-26-25-21(19-7-3-4-8-23-19)27(22)13-16-6-5-9-31-16/h3-12H,13-14H2,1-2H3,(H,24,28). The van der Waals surface area contributed by atoms with Crippen molar-refractivity contribution in [2.24, 2.45) is 0 Å². The Morgan fingerprint density at radius 3 is 2.56 bits per heavy atom. The largest absolute Gasteiger partial charge is 0.497 e. The number of thioether (sulfide) groups is 1. The van der Waals surface area contributed by atoms with Crippen molar-refractivity contribution < 1.29 is 18.7 Å². The van der Waals surface area contributed by atoms with Gasteiger partial charge in [0.25, 0.3) is 0 Å². The maximum absolute atomic E-state index is 12.6. The Morgan fingerprint density at radius 1 is 1.09 bits per heavy atom. The van der Waals surface area contributed by atoms with Gasteiger partial charge in [0.15, 0.2) is 11.0 Å². The van der Waals surface area contributed by atoms with Crippen molar-refractivity contribution in [2.75, 3.05) is 25.3 Å². The van der Waals surface area contributed by atoms with Gasteiger partial charge in [-0.1, -0.05) is 17.8 Å². The van der Waals surface area contributed by atoms with Crippen LogP contribution in [-0.4, -0.2) is 45.6 Å². The van der Waals surface area contributed by atoms with Gasteiger partial charge in [-0.2, -0.15) is 0 Å². The molecule has 0 unspecified atom stereocenters. The number of aromatic nitrogens is 4. The van der Waals surface area contributed by atoms with Gasteiger partial charge >= 0.3 is 0 Å². The molecular formula is C22H21N5O4S. The highest BCUT2D eigenvalue weighted by atomic mass is 32.2. The number of nitrogens with one attached hydrogen (secondary N) is 1. The number of anilines is 1. The van der Waals surface area contributed by atoms with Gasteiger partial charge in [0.1, 0.15) is 23.0 Å². The lowest BCUT2D eigenvalue weighted by Gasteiger charge is -2.10. The van der Waals surface area contributed by atoms with Gasteiger partial charge in [0.2, 0.25) is 5.91 Å². The monoisotopic (exact) mass is 451 g/mol. The molecule has 32 heavy (non-hydrogen) atoms. The van der Waals surface area contributed by atoms with Gasteiger partial charge in [-0.15, -0.1) is 10.2 Å². The Kier molecular flexibility index (Phi) is 6.71. The Hall–Kier alpha value is -3.79. The van der Waals surface area contributed by atoms with Crippen molar-refractivity contribution in [2.45, 2.75) is 11.7 Å². The summed E-state index contributed by atoms with van der Waals surface area (Å²) in [4.78, 5) is 17.0. The molecule has 0 spiro atoms. The first-order chi connectivity index (χ1) is 15.7. The molecule has 0 aliphatic rings. The van der Waals surface area contributed by atoms with Gasteiger partial charge < -0.3 is 19.2 Å². The molecule has 0 saturated heterocycles. The third-order valence-electron chi connectivity index (χ3n) is 4.47. The van der Waals surface area contributed by atoms with E-state index in [0.29, 0.717) is 40.4 Å². The molecule has 1 aromatic carbocycles. The predicted molar refractivity (Wildman–Crippen MR) is 120 cm³/mol. The van der Waals surface area contributed by atoms with E-state index in [0.717, 1.165) is 5.76 Å². The lowest BCUT2D eigenvalue weighted by Crippen LogP contribution is -2.15. The van der Waals surface area contributed by atoms with Crippen LogP contribution >= 0.6 is 11.8 Å². The number of carbonyl (C=O) groups excluding carboxylic acids is 1. The Morgan fingerprint density at radius 2 is 1.91 bits per heavy atom.